The third-order valence-corrected chi connectivity index (χ3v) is 6.83. The molecule has 5 rings (SSSR count). The SMILES string of the molecule is C[C@H]1CCc2c(sc3c2C(=O)N[C@@H](c2ccc(OC(=O)/C=C/c4ccco4)cc2)N3)C1. The van der Waals surface area contributed by atoms with Crippen molar-refractivity contribution >= 4 is 34.3 Å². The van der Waals surface area contributed by atoms with Crippen molar-refractivity contribution in [3.63, 3.8) is 0 Å². The van der Waals surface area contributed by atoms with Gasteiger partial charge in [-0.3, -0.25) is 4.79 Å². The number of rotatable bonds is 4. The minimum Gasteiger partial charge on any atom is -0.465 e. The standard InChI is InChI=1S/C24H22N2O4S/c1-14-4-10-18-19(13-14)31-24-21(18)23(28)25-22(26-24)15-5-7-17(8-6-15)30-20(27)11-9-16-3-2-12-29-16/h2-3,5-9,11-12,14,22,26H,4,10,13H2,1H3,(H,25,28)/b11-9+/t14-,22+/m0/s1. The van der Waals surface area contributed by atoms with Gasteiger partial charge in [-0.05, 0) is 66.6 Å². The predicted molar refractivity (Wildman–Crippen MR) is 119 cm³/mol. The van der Waals surface area contributed by atoms with Gasteiger partial charge in [0, 0.05) is 11.0 Å². The van der Waals surface area contributed by atoms with Crippen LogP contribution >= 0.6 is 11.3 Å². The van der Waals surface area contributed by atoms with Gasteiger partial charge in [0.05, 0.1) is 11.8 Å². The number of furan rings is 1. The van der Waals surface area contributed by atoms with Gasteiger partial charge in [0.1, 0.15) is 22.7 Å². The maximum absolute atomic E-state index is 12.8. The summed E-state index contributed by atoms with van der Waals surface area (Å²) in [6.07, 6.45) is 7.23. The van der Waals surface area contributed by atoms with Crippen molar-refractivity contribution in [1.29, 1.82) is 0 Å². The lowest BCUT2D eigenvalue weighted by Crippen LogP contribution is -2.38. The number of nitrogens with one attached hydrogen (secondary N) is 2. The Bertz CT molecular complexity index is 1150. The maximum atomic E-state index is 12.8. The van der Waals surface area contributed by atoms with Crippen LogP contribution in [0.15, 0.2) is 53.2 Å². The first kappa shape index (κ1) is 19.6. The van der Waals surface area contributed by atoms with Crippen molar-refractivity contribution in [2.24, 2.45) is 5.92 Å². The summed E-state index contributed by atoms with van der Waals surface area (Å²) >= 11 is 1.70. The number of ether oxygens (including phenoxy) is 1. The van der Waals surface area contributed by atoms with Crippen LogP contribution in [0.1, 0.15) is 51.6 Å². The summed E-state index contributed by atoms with van der Waals surface area (Å²) in [5.41, 5.74) is 2.92. The fourth-order valence-corrected chi connectivity index (χ4v) is 5.48. The highest BCUT2D eigenvalue weighted by Gasteiger charge is 2.33. The average molecular weight is 435 g/mol. The molecule has 2 aromatic heterocycles. The van der Waals surface area contributed by atoms with E-state index in [-0.39, 0.29) is 12.1 Å². The number of benzene rings is 1. The van der Waals surface area contributed by atoms with Crippen molar-refractivity contribution in [3.05, 3.63) is 76.1 Å². The van der Waals surface area contributed by atoms with E-state index < -0.39 is 5.97 Å². The largest absolute Gasteiger partial charge is 0.465 e. The molecule has 0 unspecified atom stereocenters. The molecule has 2 atom stereocenters. The lowest BCUT2D eigenvalue weighted by Gasteiger charge is -2.27. The van der Waals surface area contributed by atoms with Crippen LogP contribution in [0.3, 0.4) is 0 Å². The molecule has 3 heterocycles. The number of esters is 1. The predicted octanol–water partition coefficient (Wildman–Crippen LogP) is 4.94. The smallest absolute Gasteiger partial charge is 0.336 e. The van der Waals surface area contributed by atoms with E-state index in [1.165, 1.54) is 22.8 Å². The number of hydrogen-bond acceptors (Lipinski definition) is 6. The Kier molecular flexibility index (Phi) is 5.11. The summed E-state index contributed by atoms with van der Waals surface area (Å²) in [5.74, 6) is 1.16. The molecular weight excluding hydrogens is 412 g/mol. The molecule has 158 valence electrons. The van der Waals surface area contributed by atoms with Gasteiger partial charge in [0.25, 0.3) is 5.91 Å². The molecule has 0 bridgehead atoms. The Morgan fingerprint density at radius 1 is 1.23 bits per heavy atom. The van der Waals surface area contributed by atoms with Gasteiger partial charge < -0.3 is 19.8 Å². The van der Waals surface area contributed by atoms with Crippen LogP contribution < -0.4 is 15.4 Å². The van der Waals surface area contributed by atoms with Crippen molar-refractivity contribution in [2.75, 3.05) is 5.32 Å². The first-order valence-electron chi connectivity index (χ1n) is 10.3. The van der Waals surface area contributed by atoms with E-state index >= 15 is 0 Å². The number of amides is 1. The molecule has 6 nitrogen and oxygen atoms in total. The fourth-order valence-electron chi connectivity index (χ4n) is 4.04. The van der Waals surface area contributed by atoms with Gasteiger partial charge >= 0.3 is 5.97 Å². The molecule has 0 saturated heterocycles. The van der Waals surface area contributed by atoms with Gasteiger partial charge in [-0.2, -0.15) is 0 Å². The second-order valence-electron chi connectivity index (χ2n) is 7.95. The highest BCUT2D eigenvalue weighted by Crippen LogP contribution is 2.42. The summed E-state index contributed by atoms with van der Waals surface area (Å²) in [4.78, 5) is 26.1. The van der Waals surface area contributed by atoms with Gasteiger partial charge in [0.2, 0.25) is 0 Å². The third-order valence-electron chi connectivity index (χ3n) is 5.65. The van der Waals surface area contributed by atoms with Crippen molar-refractivity contribution in [3.8, 4) is 5.75 Å². The van der Waals surface area contributed by atoms with Crippen LogP contribution in [0.2, 0.25) is 0 Å². The molecule has 0 radical (unpaired) electrons. The first-order chi connectivity index (χ1) is 15.1. The molecule has 2 N–H and O–H groups in total. The summed E-state index contributed by atoms with van der Waals surface area (Å²) in [6, 6.07) is 10.6. The van der Waals surface area contributed by atoms with E-state index in [1.54, 1.807) is 41.7 Å². The number of fused-ring (bicyclic) bond motifs is 3. The van der Waals surface area contributed by atoms with Crippen molar-refractivity contribution in [1.82, 2.24) is 5.32 Å². The normalized spacial score (nSPS) is 20.0. The molecule has 0 fully saturated rings. The zero-order chi connectivity index (χ0) is 21.4. The average Bonchev–Trinajstić information content (AvgIpc) is 3.40. The highest BCUT2D eigenvalue weighted by atomic mass is 32.1. The Balaban J connectivity index is 1.27. The maximum Gasteiger partial charge on any atom is 0.336 e. The number of thiophene rings is 1. The second kappa shape index (κ2) is 8.07. The van der Waals surface area contributed by atoms with Crippen LogP contribution in [0, 0.1) is 5.92 Å². The van der Waals surface area contributed by atoms with E-state index in [2.05, 4.69) is 17.6 Å². The van der Waals surface area contributed by atoms with E-state index in [9.17, 15) is 9.59 Å². The highest BCUT2D eigenvalue weighted by molar-refractivity contribution is 7.16. The molecule has 2 aliphatic rings. The molecule has 1 aliphatic carbocycles. The van der Waals surface area contributed by atoms with Crippen LogP contribution in [0.5, 0.6) is 5.75 Å². The molecule has 0 saturated carbocycles. The zero-order valence-electron chi connectivity index (χ0n) is 17.0. The molecular formula is C24H22N2O4S. The summed E-state index contributed by atoms with van der Waals surface area (Å²) in [5, 5.41) is 7.48. The van der Waals surface area contributed by atoms with Gasteiger partial charge in [0.15, 0.2) is 0 Å². The molecule has 31 heavy (non-hydrogen) atoms. The summed E-state index contributed by atoms with van der Waals surface area (Å²) in [7, 11) is 0. The Morgan fingerprint density at radius 2 is 2.06 bits per heavy atom. The number of carbonyl (C=O) groups is 2. The van der Waals surface area contributed by atoms with Gasteiger partial charge in [-0.15, -0.1) is 11.3 Å². The van der Waals surface area contributed by atoms with Crippen LogP contribution in [0.4, 0.5) is 5.00 Å². The van der Waals surface area contributed by atoms with E-state index in [0.717, 1.165) is 35.4 Å². The number of carbonyl (C=O) groups excluding carboxylic acids is 2. The van der Waals surface area contributed by atoms with E-state index in [1.807, 2.05) is 12.1 Å². The first-order valence-corrected chi connectivity index (χ1v) is 11.1. The third kappa shape index (κ3) is 4.01. The van der Waals surface area contributed by atoms with Crippen LogP contribution in [0.25, 0.3) is 6.08 Å². The topological polar surface area (TPSA) is 80.6 Å². The number of anilines is 1. The molecule has 3 aromatic rings. The Labute approximate surface area is 183 Å². The van der Waals surface area contributed by atoms with Crippen molar-refractivity contribution in [2.45, 2.75) is 32.4 Å². The number of hydrogen-bond donors (Lipinski definition) is 2. The van der Waals surface area contributed by atoms with E-state index in [0.29, 0.717) is 17.4 Å². The fraction of sp³-hybridized carbons (Fsp3) is 0.250. The quantitative estimate of drug-likeness (QED) is 0.345. The molecule has 0 spiro atoms. The van der Waals surface area contributed by atoms with Crippen LogP contribution in [-0.2, 0) is 17.6 Å². The van der Waals surface area contributed by atoms with Gasteiger partial charge in [-0.1, -0.05) is 19.1 Å². The Morgan fingerprint density at radius 3 is 2.84 bits per heavy atom. The van der Waals surface area contributed by atoms with Crippen LogP contribution in [-0.4, -0.2) is 11.9 Å². The summed E-state index contributed by atoms with van der Waals surface area (Å²) in [6.45, 7) is 2.26. The molecule has 1 aliphatic heterocycles. The molecule has 1 aromatic carbocycles. The summed E-state index contributed by atoms with van der Waals surface area (Å²) < 4.78 is 10.5. The Hall–Kier alpha value is -3.32. The monoisotopic (exact) mass is 434 g/mol. The van der Waals surface area contributed by atoms with Crippen molar-refractivity contribution < 1.29 is 18.7 Å². The minimum atomic E-state index is -0.490. The van der Waals surface area contributed by atoms with E-state index in [4.69, 9.17) is 9.15 Å². The second-order valence-corrected chi connectivity index (χ2v) is 9.05. The lowest BCUT2D eigenvalue weighted by atomic mass is 9.88. The molecule has 7 heteroatoms. The lowest BCUT2D eigenvalue weighted by molar-refractivity contribution is -0.128. The zero-order valence-corrected chi connectivity index (χ0v) is 17.8. The molecule has 1 amide bonds. The minimum absolute atomic E-state index is 0.0237. The van der Waals surface area contributed by atoms with Gasteiger partial charge in [-0.25, -0.2) is 4.79 Å².